The van der Waals surface area contributed by atoms with Gasteiger partial charge in [-0.1, -0.05) is 30.3 Å². The first kappa shape index (κ1) is 20.9. The summed E-state index contributed by atoms with van der Waals surface area (Å²) in [5.41, 5.74) is 0.484. The molecule has 2 aromatic carbocycles. The standard InChI is InChI=1S/C20H20FNO6/c1-26-14-8-9-15(16(21)11-14)19(24)28-12-18(23)22-17(20(25)27-2)10-13-6-4-3-5-7-13/h3-9,11,17H,10,12H2,1-2H3,(H,22,23)/t17-/m0/s1. The van der Waals surface area contributed by atoms with Crippen molar-refractivity contribution in [2.45, 2.75) is 12.5 Å². The van der Waals surface area contributed by atoms with Gasteiger partial charge in [0.15, 0.2) is 6.61 Å². The zero-order valence-corrected chi connectivity index (χ0v) is 15.4. The van der Waals surface area contributed by atoms with Crippen LogP contribution in [0.25, 0.3) is 0 Å². The van der Waals surface area contributed by atoms with Gasteiger partial charge >= 0.3 is 11.9 Å². The van der Waals surface area contributed by atoms with E-state index in [2.05, 4.69) is 5.32 Å². The number of rotatable bonds is 8. The topological polar surface area (TPSA) is 90.9 Å². The maximum atomic E-state index is 13.9. The molecule has 0 saturated heterocycles. The van der Waals surface area contributed by atoms with Crippen molar-refractivity contribution in [2.24, 2.45) is 0 Å². The lowest BCUT2D eigenvalue weighted by atomic mass is 10.1. The van der Waals surface area contributed by atoms with E-state index in [1.807, 2.05) is 6.07 Å². The Morgan fingerprint density at radius 3 is 2.39 bits per heavy atom. The lowest BCUT2D eigenvalue weighted by molar-refractivity contribution is -0.145. The van der Waals surface area contributed by atoms with Crippen molar-refractivity contribution in [1.82, 2.24) is 5.32 Å². The van der Waals surface area contributed by atoms with Crippen molar-refractivity contribution < 1.29 is 33.0 Å². The molecule has 0 aliphatic carbocycles. The van der Waals surface area contributed by atoms with E-state index in [1.54, 1.807) is 24.3 Å². The highest BCUT2D eigenvalue weighted by Gasteiger charge is 2.23. The molecule has 7 nitrogen and oxygen atoms in total. The van der Waals surface area contributed by atoms with E-state index in [0.29, 0.717) is 0 Å². The molecule has 1 amide bonds. The number of hydrogen-bond acceptors (Lipinski definition) is 6. The molecule has 8 heteroatoms. The summed E-state index contributed by atoms with van der Waals surface area (Å²) in [6.45, 7) is -0.674. The number of halogens is 1. The summed E-state index contributed by atoms with van der Waals surface area (Å²) in [5.74, 6) is -2.94. The molecule has 0 aliphatic heterocycles. The Hall–Kier alpha value is -3.42. The first-order valence-electron chi connectivity index (χ1n) is 8.36. The van der Waals surface area contributed by atoms with Gasteiger partial charge in [-0.05, 0) is 17.7 Å². The summed E-state index contributed by atoms with van der Waals surface area (Å²) in [4.78, 5) is 35.9. The van der Waals surface area contributed by atoms with E-state index < -0.39 is 36.3 Å². The molecule has 148 valence electrons. The minimum Gasteiger partial charge on any atom is -0.497 e. The number of carbonyl (C=O) groups excluding carboxylic acids is 3. The van der Waals surface area contributed by atoms with E-state index in [-0.39, 0.29) is 17.7 Å². The molecule has 0 fully saturated rings. The van der Waals surface area contributed by atoms with Crippen LogP contribution in [-0.4, -0.2) is 44.7 Å². The van der Waals surface area contributed by atoms with E-state index in [1.165, 1.54) is 26.4 Å². The molecular weight excluding hydrogens is 369 g/mol. The van der Waals surface area contributed by atoms with Crippen molar-refractivity contribution in [3.8, 4) is 5.75 Å². The van der Waals surface area contributed by atoms with Gasteiger partial charge in [0.2, 0.25) is 0 Å². The van der Waals surface area contributed by atoms with E-state index in [4.69, 9.17) is 14.2 Å². The maximum absolute atomic E-state index is 13.9. The van der Waals surface area contributed by atoms with Gasteiger partial charge in [0.25, 0.3) is 5.91 Å². The van der Waals surface area contributed by atoms with Crippen LogP contribution in [0.15, 0.2) is 48.5 Å². The highest BCUT2D eigenvalue weighted by atomic mass is 19.1. The van der Waals surface area contributed by atoms with Gasteiger partial charge in [-0.3, -0.25) is 4.79 Å². The second-order valence-corrected chi connectivity index (χ2v) is 5.75. The van der Waals surface area contributed by atoms with Crippen LogP contribution in [-0.2, 0) is 25.5 Å². The zero-order valence-electron chi connectivity index (χ0n) is 15.4. The normalized spacial score (nSPS) is 11.2. The Balaban J connectivity index is 1.95. The van der Waals surface area contributed by atoms with Gasteiger partial charge in [-0.25, -0.2) is 14.0 Å². The van der Waals surface area contributed by atoms with Crippen molar-refractivity contribution in [1.29, 1.82) is 0 Å². The Labute approximate surface area is 161 Å². The molecule has 0 aromatic heterocycles. The highest BCUT2D eigenvalue weighted by Crippen LogP contribution is 2.17. The van der Waals surface area contributed by atoms with E-state index in [9.17, 15) is 18.8 Å². The summed E-state index contributed by atoms with van der Waals surface area (Å²) in [6, 6.07) is 11.7. The number of amides is 1. The first-order valence-corrected chi connectivity index (χ1v) is 8.36. The third-order valence-electron chi connectivity index (χ3n) is 3.83. The molecule has 0 bridgehead atoms. The molecule has 2 rings (SSSR count). The minimum absolute atomic E-state index is 0.209. The number of nitrogens with one attached hydrogen (secondary N) is 1. The van der Waals surface area contributed by atoms with Gasteiger partial charge in [0, 0.05) is 12.5 Å². The average Bonchev–Trinajstić information content (AvgIpc) is 2.71. The van der Waals surface area contributed by atoms with Gasteiger partial charge in [0.1, 0.15) is 17.6 Å². The predicted octanol–water partition coefficient (Wildman–Crippen LogP) is 1.89. The summed E-state index contributed by atoms with van der Waals surface area (Å²) < 4.78 is 28.2. The fourth-order valence-corrected chi connectivity index (χ4v) is 2.42. The van der Waals surface area contributed by atoms with E-state index >= 15 is 0 Å². The van der Waals surface area contributed by atoms with Crippen LogP contribution in [0.2, 0.25) is 0 Å². The second-order valence-electron chi connectivity index (χ2n) is 5.75. The fourth-order valence-electron chi connectivity index (χ4n) is 2.42. The smallest absolute Gasteiger partial charge is 0.341 e. The maximum Gasteiger partial charge on any atom is 0.341 e. The van der Waals surface area contributed by atoms with Crippen LogP contribution in [0.3, 0.4) is 0 Å². The SMILES string of the molecule is COC(=O)[C@H](Cc1ccccc1)NC(=O)COC(=O)c1ccc(OC)cc1F. The molecule has 0 radical (unpaired) electrons. The number of carbonyl (C=O) groups is 3. The van der Waals surface area contributed by atoms with Gasteiger partial charge in [-0.15, -0.1) is 0 Å². The Bertz CT molecular complexity index is 840. The van der Waals surface area contributed by atoms with Crippen molar-refractivity contribution in [2.75, 3.05) is 20.8 Å². The Morgan fingerprint density at radius 2 is 1.79 bits per heavy atom. The summed E-state index contributed by atoms with van der Waals surface area (Å²) >= 11 is 0. The lowest BCUT2D eigenvalue weighted by Crippen LogP contribution is -2.44. The van der Waals surface area contributed by atoms with Crippen LogP contribution in [0.4, 0.5) is 4.39 Å². The van der Waals surface area contributed by atoms with Crippen molar-refractivity contribution >= 4 is 17.8 Å². The molecule has 1 N–H and O–H groups in total. The van der Waals surface area contributed by atoms with E-state index in [0.717, 1.165) is 11.6 Å². The molecule has 0 aliphatic rings. The van der Waals surface area contributed by atoms with Gasteiger partial charge in [-0.2, -0.15) is 0 Å². The first-order chi connectivity index (χ1) is 13.4. The molecule has 0 heterocycles. The Kier molecular flexibility index (Phi) is 7.50. The largest absolute Gasteiger partial charge is 0.497 e. The Morgan fingerprint density at radius 1 is 1.07 bits per heavy atom. The molecule has 0 unspecified atom stereocenters. The number of hydrogen-bond donors (Lipinski definition) is 1. The van der Waals surface area contributed by atoms with Crippen molar-refractivity contribution in [3.05, 3.63) is 65.5 Å². The summed E-state index contributed by atoms with van der Waals surface area (Å²) in [5, 5.41) is 2.45. The number of esters is 2. The van der Waals surface area contributed by atoms with Crippen LogP contribution >= 0.6 is 0 Å². The average molecular weight is 389 g/mol. The molecule has 0 saturated carbocycles. The molecular formula is C20H20FNO6. The molecule has 28 heavy (non-hydrogen) atoms. The number of benzene rings is 2. The summed E-state index contributed by atoms with van der Waals surface area (Å²) in [6.07, 6.45) is 0.209. The third-order valence-corrected chi connectivity index (χ3v) is 3.83. The van der Waals surface area contributed by atoms with Gasteiger partial charge < -0.3 is 19.5 Å². The van der Waals surface area contributed by atoms with Crippen molar-refractivity contribution in [3.63, 3.8) is 0 Å². The third kappa shape index (κ3) is 5.80. The second kappa shape index (κ2) is 10.1. The number of methoxy groups -OCH3 is 2. The molecule has 1 atom stereocenters. The fraction of sp³-hybridized carbons (Fsp3) is 0.250. The van der Waals surface area contributed by atoms with Crippen LogP contribution in [0.5, 0.6) is 5.75 Å². The quantitative estimate of drug-likeness (QED) is 0.694. The minimum atomic E-state index is -1.01. The highest BCUT2D eigenvalue weighted by molar-refractivity contribution is 5.92. The zero-order chi connectivity index (χ0) is 20.5. The van der Waals surface area contributed by atoms with Crippen LogP contribution in [0.1, 0.15) is 15.9 Å². The summed E-state index contributed by atoms with van der Waals surface area (Å²) in [7, 11) is 2.57. The van der Waals surface area contributed by atoms with Crippen LogP contribution < -0.4 is 10.1 Å². The predicted molar refractivity (Wildman–Crippen MR) is 97.3 cm³/mol. The molecule has 2 aromatic rings. The monoisotopic (exact) mass is 389 g/mol. The van der Waals surface area contributed by atoms with Crippen LogP contribution in [0, 0.1) is 5.82 Å². The molecule has 0 spiro atoms. The lowest BCUT2D eigenvalue weighted by Gasteiger charge is -2.16. The number of ether oxygens (including phenoxy) is 3. The van der Waals surface area contributed by atoms with Gasteiger partial charge in [0.05, 0.1) is 19.8 Å².